The topological polar surface area (TPSA) is 16.4 Å². The number of anilines is 2. The third-order valence-corrected chi connectivity index (χ3v) is 13.4. The van der Waals surface area contributed by atoms with E-state index in [2.05, 4.69) is 177 Å². The Labute approximate surface area is 320 Å². The van der Waals surface area contributed by atoms with Crippen LogP contribution in [-0.4, -0.2) is 0 Å². The summed E-state index contributed by atoms with van der Waals surface area (Å²) < 4.78 is 8.53. The third-order valence-electron chi connectivity index (χ3n) is 12.1. The quantitative estimate of drug-likeness (QED) is 0.177. The number of nitrogens with zero attached hydrogens (tertiary/aromatic N) is 1. The van der Waals surface area contributed by atoms with Crippen molar-refractivity contribution in [2.45, 2.75) is 44.4 Å². The van der Waals surface area contributed by atoms with Gasteiger partial charge >= 0.3 is 0 Å². The van der Waals surface area contributed by atoms with Gasteiger partial charge in [-0.1, -0.05) is 147 Å². The number of para-hydroxylation sites is 1. The molecule has 0 spiro atoms. The molecular formula is C51H39NOS. The van der Waals surface area contributed by atoms with Gasteiger partial charge in [0.25, 0.3) is 0 Å². The Morgan fingerprint density at radius 3 is 2.31 bits per heavy atom. The Kier molecular flexibility index (Phi) is 7.06. The normalized spacial score (nSPS) is 16.8. The van der Waals surface area contributed by atoms with E-state index in [-0.39, 0.29) is 5.41 Å². The molecule has 0 amide bonds. The summed E-state index contributed by atoms with van der Waals surface area (Å²) in [5.74, 6) is 0.346. The van der Waals surface area contributed by atoms with Crippen molar-refractivity contribution in [2.24, 2.45) is 0 Å². The second kappa shape index (κ2) is 12.1. The molecule has 0 aliphatic heterocycles. The SMILES string of the molecule is CC1(C)c2ccccc2-c2c1ccc1c2oc2c(N(C3=CCC(c4ccccc4)C=C3)c3ccc(-c4cccc5c6c(sc45)CCC=C6)cc3)cccc21. The molecule has 260 valence electrons. The first-order valence-corrected chi connectivity index (χ1v) is 20.0. The van der Waals surface area contributed by atoms with Gasteiger partial charge in [-0.15, -0.1) is 11.3 Å². The molecule has 1 unspecified atom stereocenters. The molecule has 0 N–H and O–H groups in total. The van der Waals surface area contributed by atoms with Crippen LogP contribution in [0.1, 0.15) is 59.7 Å². The average Bonchev–Trinajstić information content (AvgIpc) is 3.87. The summed E-state index contributed by atoms with van der Waals surface area (Å²) in [6.07, 6.45) is 14.9. The van der Waals surface area contributed by atoms with Crippen LogP contribution in [0.4, 0.5) is 11.4 Å². The van der Waals surface area contributed by atoms with Gasteiger partial charge in [0.15, 0.2) is 5.58 Å². The molecule has 54 heavy (non-hydrogen) atoms. The summed E-state index contributed by atoms with van der Waals surface area (Å²) in [6, 6.07) is 46.9. The van der Waals surface area contributed by atoms with E-state index in [1.54, 1.807) is 0 Å². The number of hydrogen-bond acceptors (Lipinski definition) is 3. The molecule has 3 heteroatoms. The van der Waals surface area contributed by atoms with Crippen molar-refractivity contribution >= 4 is 60.8 Å². The summed E-state index contributed by atoms with van der Waals surface area (Å²) in [7, 11) is 0. The van der Waals surface area contributed by atoms with E-state index in [0.717, 1.165) is 58.3 Å². The lowest BCUT2D eigenvalue weighted by atomic mass is 9.82. The number of hydrogen-bond donors (Lipinski definition) is 0. The maximum Gasteiger partial charge on any atom is 0.159 e. The Bertz CT molecular complexity index is 2880. The third kappa shape index (κ3) is 4.71. The van der Waals surface area contributed by atoms with E-state index in [9.17, 15) is 0 Å². The predicted octanol–water partition coefficient (Wildman–Crippen LogP) is 14.5. The summed E-state index contributed by atoms with van der Waals surface area (Å²) in [5.41, 5.74) is 15.6. The lowest BCUT2D eigenvalue weighted by molar-refractivity contribution is 0.653. The van der Waals surface area contributed by atoms with Crippen LogP contribution < -0.4 is 4.90 Å². The van der Waals surface area contributed by atoms with Crippen LogP contribution in [-0.2, 0) is 11.8 Å². The van der Waals surface area contributed by atoms with Gasteiger partial charge in [0.1, 0.15) is 5.58 Å². The number of benzene rings is 6. The Balaban J connectivity index is 1.07. The molecule has 3 aliphatic rings. The molecule has 0 saturated heterocycles. The number of aryl methyl sites for hydroxylation is 1. The van der Waals surface area contributed by atoms with E-state index in [4.69, 9.17) is 4.42 Å². The van der Waals surface area contributed by atoms with Gasteiger partial charge in [-0.3, -0.25) is 0 Å². The fourth-order valence-electron chi connectivity index (χ4n) is 9.34. The van der Waals surface area contributed by atoms with Crippen LogP contribution in [0, 0.1) is 0 Å². The highest BCUT2D eigenvalue weighted by Crippen LogP contribution is 2.53. The molecule has 2 nitrogen and oxygen atoms in total. The van der Waals surface area contributed by atoms with Gasteiger partial charge in [-0.05, 0) is 82.5 Å². The monoisotopic (exact) mass is 713 g/mol. The Morgan fingerprint density at radius 1 is 0.685 bits per heavy atom. The highest BCUT2D eigenvalue weighted by molar-refractivity contribution is 7.20. The van der Waals surface area contributed by atoms with Gasteiger partial charge in [-0.25, -0.2) is 0 Å². The fraction of sp³-hybridized carbons (Fsp3) is 0.137. The zero-order valence-electron chi connectivity index (χ0n) is 30.5. The van der Waals surface area contributed by atoms with Crippen molar-refractivity contribution in [1.82, 2.24) is 0 Å². The number of allylic oxidation sites excluding steroid dienone is 4. The average molecular weight is 714 g/mol. The minimum absolute atomic E-state index is 0.0911. The molecule has 0 fully saturated rings. The molecule has 0 radical (unpaired) electrons. The maximum absolute atomic E-state index is 7.14. The van der Waals surface area contributed by atoms with E-state index in [0.29, 0.717) is 5.92 Å². The van der Waals surface area contributed by atoms with Crippen LogP contribution in [0.15, 0.2) is 162 Å². The van der Waals surface area contributed by atoms with Gasteiger partial charge in [0.2, 0.25) is 0 Å². The van der Waals surface area contributed by atoms with Crippen LogP contribution in [0.2, 0.25) is 0 Å². The summed E-state index contributed by atoms with van der Waals surface area (Å²) in [4.78, 5) is 3.91. The van der Waals surface area contributed by atoms with Crippen LogP contribution in [0.25, 0.3) is 60.4 Å². The van der Waals surface area contributed by atoms with Gasteiger partial charge < -0.3 is 9.32 Å². The van der Waals surface area contributed by atoms with E-state index >= 15 is 0 Å². The van der Waals surface area contributed by atoms with Crippen molar-refractivity contribution < 1.29 is 4.42 Å². The largest absolute Gasteiger partial charge is 0.453 e. The first-order chi connectivity index (χ1) is 26.5. The van der Waals surface area contributed by atoms with Crippen molar-refractivity contribution in [3.63, 3.8) is 0 Å². The highest BCUT2D eigenvalue weighted by atomic mass is 32.1. The van der Waals surface area contributed by atoms with Gasteiger partial charge in [0.05, 0.1) is 5.69 Å². The highest BCUT2D eigenvalue weighted by Gasteiger charge is 2.37. The zero-order valence-corrected chi connectivity index (χ0v) is 31.3. The summed E-state index contributed by atoms with van der Waals surface area (Å²) in [5, 5.41) is 3.67. The minimum atomic E-state index is -0.0911. The Hall–Kier alpha value is -5.90. The molecule has 2 heterocycles. The molecular weight excluding hydrogens is 675 g/mol. The van der Waals surface area contributed by atoms with Crippen molar-refractivity contribution in [3.05, 3.63) is 185 Å². The number of rotatable bonds is 5. The van der Waals surface area contributed by atoms with E-state index < -0.39 is 0 Å². The summed E-state index contributed by atoms with van der Waals surface area (Å²) in [6.45, 7) is 4.66. The molecule has 2 aromatic heterocycles. The second-order valence-electron chi connectivity index (χ2n) is 15.5. The van der Waals surface area contributed by atoms with Crippen molar-refractivity contribution in [2.75, 3.05) is 4.90 Å². The summed E-state index contributed by atoms with van der Waals surface area (Å²) >= 11 is 1.96. The van der Waals surface area contributed by atoms with Crippen LogP contribution in [0.5, 0.6) is 0 Å². The smallest absolute Gasteiger partial charge is 0.159 e. The number of furan rings is 1. The van der Waals surface area contributed by atoms with Gasteiger partial charge in [-0.2, -0.15) is 0 Å². The van der Waals surface area contributed by atoms with Crippen molar-refractivity contribution in [3.8, 4) is 22.3 Å². The van der Waals surface area contributed by atoms with Crippen LogP contribution >= 0.6 is 11.3 Å². The molecule has 0 saturated carbocycles. The van der Waals surface area contributed by atoms with Crippen molar-refractivity contribution in [1.29, 1.82) is 0 Å². The van der Waals surface area contributed by atoms with Gasteiger partial charge in [0, 0.05) is 54.0 Å². The second-order valence-corrected chi connectivity index (χ2v) is 16.6. The maximum atomic E-state index is 7.14. The van der Waals surface area contributed by atoms with E-state index in [1.165, 1.54) is 59.5 Å². The first-order valence-electron chi connectivity index (χ1n) is 19.2. The fourth-order valence-corrected chi connectivity index (χ4v) is 10.7. The minimum Gasteiger partial charge on any atom is -0.453 e. The number of thiophene rings is 1. The lowest BCUT2D eigenvalue weighted by Gasteiger charge is -2.29. The molecule has 8 aromatic rings. The molecule has 3 aliphatic carbocycles. The Morgan fingerprint density at radius 2 is 1.46 bits per heavy atom. The lowest BCUT2D eigenvalue weighted by Crippen LogP contribution is -2.17. The number of fused-ring (bicyclic) bond motifs is 10. The molecule has 0 bridgehead atoms. The van der Waals surface area contributed by atoms with Crippen LogP contribution in [0.3, 0.4) is 0 Å². The molecule has 11 rings (SSSR count). The van der Waals surface area contributed by atoms with E-state index in [1.807, 2.05) is 11.3 Å². The zero-order chi connectivity index (χ0) is 36.0. The molecule has 6 aromatic carbocycles. The standard InChI is InChI=1S/C51H39NOS/c1-51(2)43-19-8-6-15-42(43)47-44(51)31-30-40-39-17-11-20-45(48(39)53-49(40)47)52(35-26-22-33(23-27-35)32-12-4-3-5-13-32)36-28-24-34(25-29-36)37-16-10-18-41-38-14-7-9-21-46(38)54-50(37)41/h3-8,10-20,22,24-31,33H,9,21,23H2,1-2H3. The first kappa shape index (κ1) is 31.6. The predicted molar refractivity (Wildman–Crippen MR) is 229 cm³/mol. The molecule has 1 atom stereocenters.